The molecule has 1 aromatic rings. The summed E-state index contributed by atoms with van der Waals surface area (Å²) in [5.74, 6) is 0. The summed E-state index contributed by atoms with van der Waals surface area (Å²) < 4.78 is 5.63. The molecule has 17 heavy (non-hydrogen) atoms. The quantitative estimate of drug-likeness (QED) is 0.699. The van der Waals surface area contributed by atoms with Crippen molar-refractivity contribution in [2.24, 2.45) is 0 Å². The van der Waals surface area contributed by atoms with Gasteiger partial charge in [-0.2, -0.15) is 0 Å². The van der Waals surface area contributed by atoms with Crippen LogP contribution in [0.2, 0.25) is 0 Å². The number of likely N-dealkylation sites (N-methyl/N-ethyl adjacent to an activating group) is 1. The van der Waals surface area contributed by atoms with Crippen LogP contribution in [0.3, 0.4) is 0 Å². The number of hydrogen-bond donors (Lipinski definition) is 0. The SMILES string of the molecule is CN(C)CCOCCc1ccc2c(c1)CCC2. The summed E-state index contributed by atoms with van der Waals surface area (Å²) in [6.07, 6.45) is 4.92. The van der Waals surface area contributed by atoms with Gasteiger partial charge in [0.15, 0.2) is 0 Å². The number of ether oxygens (including phenoxy) is 1. The molecule has 2 nitrogen and oxygen atoms in total. The van der Waals surface area contributed by atoms with E-state index in [-0.39, 0.29) is 0 Å². The molecule has 0 amide bonds. The van der Waals surface area contributed by atoms with Crippen molar-refractivity contribution < 1.29 is 4.74 Å². The van der Waals surface area contributed by atoms with E-state index in [4.69, 9.17) is 4.74 Å². The summed E-state index contributed by atoms with van der Waals surface area (Å²) in [6, 6.07) is 6.94. The second-order valence-corrected chi connectivity index (χ2v) is 5.12. The Labute approximate surface area is 105 Å². The lowest BCUT2D eigenvalue weighted by Gasteiger charge is -2.10. The molecule has 1 aliphatic rings. The highest BCUT2D eigenvalue weighted by Gasteiger charge is 2.10. The molecule has 0 saturated carbocycles. The Kier molecular flexibility index (Phi) is 4.57. The normalized spacial score (nSPS) is 14.3. The average Bonchev–Trinajstić information content (AvgIpc) is 2.75. The van der Waals surface area contributed by atoms with E-state index >= 15 is 0 Å². The van der Waals surface area contributed by atoms with Gasteiger partial charge >= 0.3 is 0 Å². The number of fused-ring (bicyclic) bond motifs is 1. The van der Waals surface area contributed by atoms with Crippen molar-refractivity contribution in [2.75, 3.05) is 33.9 Å². The third-order valence-electron chi connectivity index (χ3n) is 3.38. The zero-order valence-electron chi connectivity index (χ0n) is 11.0. The van der Waals surface area contributed by atoms with E-state index in [0.29, 0.717) is 0 Å². The van der Waals surface area contributed by atoms with Crippen LogP contribution in [-0.2, 0) is 24.0 Å². The summed E-state index contributed by atoms with van der Waals surface area (Å²) in [5.41, 5.74) is 4.55. The lowest BCUT2D eigenvalue weighted by atomic mass is 10.0. The van der Waals surface area contributed by atoms with Gasteiger partial charge in [-0.3, -0.25) is 0 Å². The van der Waals surface area contributed by atoms with Crippen LogP contribution in [0.1, 0.15) is 23.1 Å². The lowest BCUT2D eigenvalue weighted by molar-refractivity contribution is 0.120. The Morgan fingerprint density at radius 3 is 2.76 bits per heavy atom. The Morgan fingerprint density at radius 2 is 1.94 bits per heavy atom. The zero-order valence-corrected chi connectivity index (χ0v) is 11.0. The molecule has 0 atom stereocenters. The van der Waals surface area contributed by atoms with Crippen LogP contribution in [0.5, 0.6) is 0 Å². The number of nitrogens with zero attached hydrogens (tertiary/aromatic N) is 1. The van der Waals surface area contributed by atoms with Crippen molar-refractivity contribution in [3.8, 4) is 0 Å². The van der Waals surface area contributed by atoms with Gasteiger partial charge in [0.2, 0.25) is 0 Å². The van der Waals surface area contributed by atoms with E-state index in [9.17, 15) is 0 Å². The van der Waals surface area contributed by atoms with Crippen LogP contribution in [0, 0.1) is 0 Å². The van der Waals surface area contributed by atoms with Gasteiger partial charge in [0.25, 0.3) is 0 Å². The van der Waals surface area contributed by atoms with Gasteiger partial charge in [0, 0.05) is 6.54 Å². The van der Waals surface area contributed by atoms with Gasteiger partial charge in [-0.25, -0.2) is 0 Å². The zero-order chi connectivity index (χ0) is 12.1. The highest BCUT2D eigenvalue weighted by molar-refractivity contribution is 5.35. The molecule has 0 fully saturated rings. The van der Waals surface area contributed by atoms with Crippen LogP contribution in [-0.4, -0.2) is 38.8 Å². The van der Waals surface area contributed by atoms with Crippen molar-refractivity contribution in [3.05, 3.63) is 34.9 Å². The second-order valence-electron chi connectivity index (χ2n) is 5.12. The molecule has 2 rings (SSSR count). The maximum atomic E-state index is 5.63. The number of hydrogen-bond acceptors (Lipinski definition) is 2. The molecule has 0 unspecified atom stereocenters. The van der Waals surface area contributed by atoms with Crippen molar-refractivity contribution in [3.63, 3.8) is 0 Å². The summed E-state index contributed by atoms with van der Waals surface area (Å²) in [5, 5.41) is 0. The van der Waals surface area contributed by atoms with Crippen LogP contribution < -0.4 is 0 Å². The molecule has 0 bridgehead atoms. The van der Waals surface area contributed by atoms with Crippen molar-refractivity contribution in [1.82, 2.24) is 4.90 Å². The molecule has 2 heteroatoms. The van der Waals surface area contributed by atoms with Crippen LogP contribution in [0.15, 0.2) is 18.2 Å². The minimum Gasteiger partial charge on any atom is -0.380 e. The molecule has 0 aliphatic heterocycles. The average molecular weight is 233 g/mol. The van der Waals surface area contributed by atoms with E-state index in [1.165, 1.54) is 24.8 Å². The first-order valence-electron chi connectivity index (χ1n) is 6.59. The largest absolute Gasteiger partial charge is 0.380 e. The predicted molar refractivity (Wildman–Crippen MR) is 71.5 cm³/mol. The molecule has 0 aromatic heterocycles. The molecule has 1 aromatic carbocycles. The minimum absolute atomic E-state index is 0.831. The number of aryl methyl sites for hydroxylation is 2. The van der Waals surface area contributed by atoms with Gasteiger partial charge in [0.05, 0.1) is 13.2 Å². The Morgan fingerprint density at radius 1 is 1.12 bits per heavy atom. The van der Waals surface area contributed by atoms with Crippen LogP contribution >= 0.6 is 0 Å². The fraction of sp³-hybridized carbons (Fsp3) is 0.600. The Bertz CT molecular complexity index is 360. The molecule has 0 N–H and O–H groups in total. The van der Waals surface area contributed by atoms with E-state index in [1.807, 2.05) is 0 Å². The van der Waals surface area contributed by atoms with E-state index in [2.05, 4.69) is 37.2 Å². The molecule has 0 radical (unpaired) electrons. The first-order chi connectivity index (χ1) is 8.25. The van der Waals surface area contributed by atoms with Crippen LogP contribution in [0.25, 0.3) is 0 Å². The van der Waals surface area contributed by atoms with E-state index in [0.717, 1.165) is 26.2 Å². The first kappa shape index (κ1) is 12.6. The highest BCUT2D eigenvalue weighted by Crippen LogP contribution is 2.22. The third-order valence-corrected chi connectivity index (χ3v) is 3.38. The van der Waals surface area contributed by atoms with Crippen LogP contribution in [0.4, 0.5) is 0 Å². The van der Waals surface area contributed by atoms with Crippen molar-refractivity contribution >= 4 is 0 Å². The fourth-order valence-electron chi connectivity index (χ4n) is 2.32. The molecule has 94 valence electrons. The monoisotopic (exact) mass is 233 g/mol. The number of benzene rings is 1. The smallest absolute Gasteiger partial charge is 0.0593 e. The highest BCUT2D eigenvalue weighted by atomic mass is 16.5. The summed E-state index contributed by atoms with van der Waals surface area (Å²) in [4.78, 5) is 2.15. The predicted octanol–water partition coefficient (Wildman–Crippen LogP) is 2.30. The first-order valence-corrected chi connectivity index (χ1v) is 6.59. The third kappa shape index (κ3) is 3.83. The Balaban J connectivity index is 1.72. The maximum absolute atomic E-state index is 5.63. The van der Waals surface area contributed by atoms with Gasteiger partial charge < -0.3 is 9.64 Å². The molecule has 0 spiro atoms. The summed E-state index contributed by atoms with van der Waals surface area (Å²) in [7, 11) is 4.15. The molecular weight excluding hydrogens is 210 g/mol. The molecular formula is C15H23NO. The topological polar surface area (TPSA) is 12.5 Å². The van der Waals surface area contributed by atoms with E-state index in [1.54, 1.807) is 11.1 Å². The second kappa shape index (κ2) is 6.18. The standard InChI is InChI=1S/C15H23NO/c1-16(2)9-11-17-10-8-13-6-7-14-4-3-5-15(14)12-13/h6-7,12H,3-5,8-11H2,1-2H3. The van der Waals surface area contributed by atoms with E-state index < -0.39 is 0 Å². The summed E-state index contributed by atoms with van der Waals surface area (Å²) in [6.45, 7) is 2.68. The van der Waals surface area contributed by atoms with Crippen molar-refractivity contribution in [2.45, 2.75) is 25.7 Å². The van der Waals surface area contributed by atoms with Gasteiger partial charge in [-0.05, 0) is 56.5 Å². The lowest BCUT2D eigenvalue weighted by Crippen LogP contribution is -2.18. The number of rotatable bonds is 6. The maximum Gasteiger partial charge on any atom is 0.0593 e. The summed E-state index contributed by atoms with van der Waals surface area (Å²) >= 11 is 0. The fourth-order valence-corrected chi connectivity index (χ4v) is 2.32. The van der Waals surface area contributed by atoms with Gasteiger partial charge in [-0.15, -0.1) is 0 Å². The Hall–Kier alpha value is -0.860. The van der Waals surface area contributed by atoms with Gasteiger partial charge in [0.1, 0.15) is 0 Å². The van der Waals surface area contributed by atoms with Crippen molar-refractivity contribution in [1.29, 1.82) is 0 Å². The minimum atomic E-state index is 0.831. The molecule has 0 heterocycles. The molecule has 0 saturated heterocycles. The van der Waals surface area contributed by atoms with Gasteiger partial charge in [-0.1, -0.05) is 18.2 Å². The molecule has 1 aliphatic carbocycles.